The van der Waals surface area contributed by atoms with E-state index in [9.17, 15) is 5.11 Å². The molecule has 0 radical (unpaired) electrons. The Balaban J connectivity index is 1.59. The molecule has 1 aromatic heterocycles. The van der Waals surface area contributed by atoms with Gasteiger partial charge >= 0.3 is 0 Å². The first-order valence-corrected chi connectivity index (χ1v) is 9.81. The van der Waals surface area contributed by atoms with Crippen LogP contribution in [0, 0.1) is 4.84 Å². The number of β-amino-alcohol motifs (C(OH)–C–C–N with tert-alkyl or cyclic N) is 1. The summed E-state index contributed by atoms with van der Waals surface area (Å²) >= 11 is 5.36. The van der Waals surface area contributed by atoms with Crippen molar-refractivity contribution in [1.29, 1.82) is 0 Å². The highest BCUT2D eigenvalue weighted by molar-refractivity contribution is 7.71. The molecule has 1 atom stereocenters. The Hall–Kier alpha value is -2.88. The van der Waals surface area contributed by atoms with E-state index in [1.165, 1.54) is 0 Å². The summed E-state index contributed by atoms with van der Waals surface area (Å²) < 4.78 is 23.4. The summed E-state index contributed by atoms with van der Waals surface area (Å²) in [6.45, 7) is 1.33. The fourth-order valence-corrected chi connectivity index (χ4v) is 3.87. The molecule has 158 valence electrons. The van der Waals surface area contributed by atoms with Crippen LogP contribution in [0.25, 0.3) is 11.5 Å². The predicted molar refractivity (Wildman–Crippen MR) is 112 cm³/mol. The number of methoxy groups -OCH3 is 3. The van der Waals surface area contributed by atoms with Crippen LogP contribution in [0.5, 0.6) is 17.2 Å². The van der Waals surface area contributed by atoms with Crippen molar-refractivity contribution in [1.82, 2.24) is 14.7 Å². The van der Waals surface area contributed by atoms with Gasteiger partial charge in [-0.05, 0) is 48.6 Å². The Morgan fingerprint density at radius 3 is 2.43 bits per heavy atom. The molecule has 1 N–H and O–H groups in total. The molecule has 2 heterocycles. The molecule has 1 aliphatic heterocycles. The van der Waals surface area contributed by atoms with Gasteiger partial charge < -0.3 is 23.7 Å². The molecule has 0 bridgehead atoms. The van der Waals surface area contributed by atoms with E-state index >= 15 is 0 Å². The first-order chi connectivity index (χ1) is 14.5. The minimum Gasteiger partial charge on any atom is -0.497 e. The molecule has 0 saturated heterocycles. The second kappa shape index (κ2) is 8.47. The van der Waals surface area contributed by atoms with Gasteiger partial charge in [-0.3, -0.25) is 4.90 Å². The second-order valence-corrected chi connectivity index (χ2v) is 7.28. The lowest BCUT2D eigenvalue weighted by Gasteiger charge is -2.33. The fourth-order valence-electron chi connectivity index (χ4n) is 3.69. The molecule has 0 saturated carbocycles. The van der Waals surface area contributed by atoms with Crippen LogP contribution >= 0.6 is 12.2 Å². The molecule has 30 heavy (non-hydrogen) atoms. The van der Waals surface area contributed by atoms with Gasteiger partial charge in [0.05, 0.1) is 34.1 Å². The van der Waals surface area contributed by atoms with Crippen LogP contribution in [0.1, 0.15) is 17.2 Å². The highest BCUT2D eigenvalue weighted by Gasteiger charge is 2.30. The van der Waals surface area contributed by atoms with Crippen LogP contribution in [0.4, 0.5) is 0 Å². The van der Waals surface area contributed by atoms with Crippen molar-refractivity contribution < 1.29 is 23.7 Å². The van der Waals surface area contributed by atoms with Gasteiger partial charge in [0.25, 0.3) is 4.84 Å². The van der Waals surface area contributed by atoms with Crippen molar-refractivity contribution in [2.75, 3.05) is 27.9 Å². The van der Waals surface area contributed by atoms with E-state index in [0.717, 1.165) is 22.4 Å². The Bertz CT molecular complexity index is 1090. The maximum Gasteiger partial charge on any atom is 0.288 e. The smallest absolute Gasteiger partial charge is 0.288 e. The third-order valence-corrected chi connectivity index (χ3v) is 5.43. The lowest BCUT2D eigenvalue weighted by atomic mass is 9.95. The molecule has 9 heteroatoms. The largest absolute Gasteiger partial charge is 0.497 e. The molecular formula is C21H23N3O5S. The number of hydrogen-bond donors (Lipinski definition) is 1. The zero-order valence-corrected chi connectivity index (χ0v) is 17.8. The summed E-state index contributed by atoms with van der Waals surface area (Å²) in [6, 6.07) is 11.1. The summed E-state index contributed by atoms with van der Waals surface area (Å²) in [4.78, 5) is 2.30. The van der Waals surface area contributed by atoms with E-state index < -0.39 is 6.10 Å². The number of fused-ring (bicyclic) bond motifs is 1. The summed E-state index contributed by atoms with van der Waals surface area (Å²) in [6.07, 6.45) is -0.721. The van der Waals surface area contributed by atoms with Crippen molar-refractivity contribution in [2.45, 2.75) is 19.3 Å². The molecule has 3 aromatic rings. The van der Waals surface area contributed by atoms with Crippen molar-refractivity contribution in [3.8, 4) is 28.7 Å². The Labute approximate surface area is 179 Å². The summed E-state index contributed by atoms with van der Waals surface area (Å²) in [7, 11) is 4.82. The number of benzene rings is 2. The number of rotatable bonds is 6. The van der Waals surface area contributed by atoms with E-state index in [4.69, 9.17) is 30.8 Å². The van der Waals surface area contributed by atoms with E-state index in [2.05, 4.69) is 5.10 Å². The van der Waals surface area contributed by atoms with E-state index in [0.29, 0.717) is 37.1 Å². The molecule has 1 aliphatic rings. The first-order valence-electron chi connectivity index (χ1n) is 9.40. The fraction of sp³-hybridized carbons (Fsp3) is 0.333. The predicted octanol–water partition coefficient (Wildman–Crippen LogP) is 3.41. The van der Waals surface area contributed by atoms with Crippen molar-refractivity contribution in [3.05, 3.63) is 52.4 Å². The number of aliphatic hydroxyl groups is 1. The molecule has 0 spiro atoms. The third-order valence-electron chi connectivity index (χ3n) is 5.14. The number of nitrogens with zero attached hydrogens (tertiary/aromatic N) is 3. The number of aliphatic hydroxyl groups excluding tert-OH is 1. The van der Waals surface area contributed by atoms with Crippen molar-refractivity contribution in [3.63, 3.8) is 0 Å². The van der Waals surface area contributed by atoms with Gasteiger partial charge in [-0.2, -0.15) is 0 Å². The lowest BCUT2D eigenvalue weighted by molar-refractivity contribution is 0.0665. The molecule has 4 rings (SSSR count). The molecule has 0 amide bonds. The molecule has 0 aliphatic carbocycles. The van der Waals surface area contributed by atoms with Gasteiger partial charge in [0, 0.05) is 29.8 Å². The van der Waals surface area contributed by atoms with Gasteiger partial charge in [0.2, 0.25) is 5.89 Å². The maximum atomic E-state index is 10.8. The monoisotopic (exact) mass is 429 g/mol. The minimum absolute atomic E-state index is 0.263. The molecule has 2 aromatic carbocycles. The normalized spacial score (nSPS) is 16.2. The molecule has 0 fully saturated rings. The highest BCUT2D eigenvalue weighted by atomic mass is 32.1. The van der Waals surface area contributed by atoms with E-state index in [-0.39, 0.29) is 4.84 Å². The molecular weight excluding hydrogens is 406 g/mol. The quantitative estimate of drug-likeness (QED) is 0.597. The standard InChI is InChI=1S/C21H23N3O5S/c1-26-14-6-4-13(5-7-14)20-22-24(21(30)29-20)12-23-10-15-17(27-2)8-9-18(28-3)19(15)16(25)11-23/h4-9,16,25H,10-12H2,1-3H3. The topological polar surface area (TPSA) is 82.1 Å². The van der Waals surface area contributed by atoms with Gasteiger partial charge in [-0.1, -0.05) is 0 Å². The Morgan fingerprint density at radius 1 is 1.07 bits per heavy atom. The van der Waals surface area contributed by atoms with Crippen LogP contribution in [-0.4, -0.2) is 47.7 Å². The SMILES string of the molecule is COc1ccc(-c2nn(CN3Cc4c(OC)ccc(OC)c4C(O)C3)c(=S)o2)cc1. The number of ether oxygens (including phenoxy) is 3. The summed E-state index contributed by atoms with van der Waals surface area (Å²) in [5.74, 6) is 2.54. The van der Waals surface area contributed by atoms with Gasteiger partial charge in [-0.25, -0.2) is 4.68 Å². The molecule has 1 unspecified atom stereocenters. The Morgan fingerprint density at radius 2 is 1.77 bits per heavy atom. The zero-order valence-electron chi connectivity index (χ0n) is 17.0. The number of aromatic nitrogens is 2. The second-order valence-electron chi connectivity index (χ2n) is 6.93. The van der Waals surface area contributed by atoms with Crippen LogP contribution in [0.2, 0.25) is 0 Å². The molecule has 8 nitrogen and oxygen atoms in total. The first kappa shape index (κ1) is 20.4. The average Bonchev–Trinajstić information content (AvgIpc) is 3.13. The summed E-state index contributed by atoms with van der Waals surface area (Å²) in [5.41, 5.74) is 2.45. The lowest BCUT2D eigenvalue weighted by Crippen LogP contribution is -2.35. The van der Waals surface area contributed by atoms with E-state index in [1.54, 1.807) is 26.0 Å². The number of hydrogen-bond acceptors (Lipinski definition) is 8. The van der Waals surface area contributed by atoms with Gasteiger partial charge in [0.1, 0.15) is 17.2 Å². The maximum absolute atomic E-state index is 10.8. The van der Waals surface area contributed by atoms with Crippen LogP contribution in [-0.2, 0) is 13.2 Å². The third kappa shape index (κ3) is 3.79. The van der Waals surface area contributed by atoms with Crippen molar-refractivity contribution in [2.24, 2.45) is 0 Å². The van der Waals surface area contributed by atoms with Crippen molar-refractivity contribution >= 4 is 12.2 Å². The minimum atomic E-state index is -0.721. The van der Waals surface area contributed by atoms with Crippen LogP contribution in [0.3, 0.4) is 0 Å². The van der Waals surface area contributed by atoms with Gasteiger partial charge in [-0.15, -0.1) is 5.10 Å². The van der Waals surface area contributed by atoms with Gasteiger partial charge in [0.15, 0.2) is 0 Å². The van der Waals surface area contributed by atoms with Crippen LogP contribution < -0.4 is 14.2 Å². The van der Waals surface area contributed by atoms with E-state index in [1.807, 2.05) is 41.3 Å². The Kier molecular flexibility index (Phi) is 5.76. The summed E-state index contributed by atoms with van der Waals surface area (Å²) in [5, 5.41) is 15.3. The van der Waals surface area contributed by atoms with Crippen LogP contribution in [0.15, 0.2) is 40.8 Å². The zero-order chi connectivity index (χ0) is 21.3. The highest BCUT2D eigenvalue weighted by Crippen LogP contribution is 2.39. The average molecular weight is 429 g/mol.